The van der Waals surface area contributed by atoms with Crippen molar-refractivity contribution in [3.05, 3.63) is 0 Å². The van der Waals surface area contributed by atoms with Gasteiger partial charge < -0.3 is 15.7 Å². The Kier molecular flexibility index (Phi) is 4.22. The third kappa shape index (κ3) is 2.83. The molecule has 3 N–H and O–H groups in total. The molecule has 1 aliphatic heterocycles. The first kappa shape index (κ1) is 13.3. The first-order valence-corrected chi connectivity index (χ1v) is 6.88. The molecule has 1 aliphatic carbocycles. The SMILES string of the molecule is NC1CCCC(C(=O)N2CCCCC2C(=O)O)C1. The van der Waals surface area contributed by atoms with E-state index in [0.29, 0.717) is 19.4 Å². The highest BCUT2D eigenvalue weighted by Crippen LogP contribution is 2.28. The van der Waals surface area contributed by atoms with Crippen molar-refractivity contribution in [2.24, 2.45) is 11.7 Å². The fourth-order valence-electron chi connectivity index (χ4n) is 3.14. The van der Waals surface area contributed by atoms with Gasteiger partial charge in [0.15, 0.2) is 0 Å². The minimum absolute atomic E-state index is 0.0113. The van der Waals surface area contributed by atoms with E-state index in [9.17, 15) is 14.7 Å². The van der Waals surface area contributed by atoms with Gasteiger partial charge in [-0.15, -0.1) is 0 Å². The number of amides is 1. The van der Waals surface area contributed by atoms with Gasteiger partial charge in [-0.3, -0.25) is 4.79 Å². The summed E-state index contributed by atoms with van der Waals surface area (Å²) in [5.41, 5.74) is 5.90. The first-order valence-electron chi connectivity index (χ1n) is 6.88. The van der Waals surface area contributed by atoms with Gasteiger partial charge in [-0.1, -0.05) is 6.42 Å². The number of hydrogen-bond donors (Lipinski definition) is 2. The molecular formula is C13H22N2O3. The molecule has 2 aliphatic rings. The van der Waals surface area contributed by atoms with Gasteiger partial charge in [-0.25, -0.2) is 4.79 Å². The van der Waals surface area contributed by atoms with Gasteiger partial charge in [0.05, 0.1) is 0 Å². The van der Waals surface area contributed by atoms with Crippen LogP contribution in [0.15, 0.2) is 0 Å². The predicted molar refractivity (Wildman–Crippen MR) is 66.9 cm³/mol. The maximum absolute atomic E-state index is 12.4. The normalized spacial score (nSPS) is 33.2. The van der Waals surface area contributed by atoms with Crippen LogP contribution in [-0.2, 0) is 9.59 Å². The lowest BCUT2D eigenvalue weighted by atomic mass is 9.84. The fraction of sp³-hybridized carbons (Fsp3) is 0.846. The van der Waals surface area contributed by atoms with E-state index in [1.54, 1.807) is 4.90 Å². The predicted octanol–water partition coefficient (Wildman–Crippen LogP) is 0.970. The number of nitrogens with zero attached hydrogens (tertiary/aromatic N) is 1. The number of hydrogen-bond acceptors (Lipinski definition) is 3. The summed E-state index contributed by atoms with van der Waals surface area (Å²) in [4.78, 5) is 25.2. The van der Waals surface area contributed by atoms with Crippen molar-refractivity contribution in [2.45, 2.75) is 57.0 Å². The zero-order valence-corrected chi connectivity index (χ0v) is 10.7. The minimum Gasteiger partial charge on any atom is -0.480 e. The Hall–Kier alpha value is -1.10. The summed E-state index contributed by atoms with van der Waals surface area (Å²) in [6.45, 7) is 0.585. The van der Waals surface area contributed by atoms with E-state index in [1.165, 1.54) is 0 Å². The van der Waals surface area contributed by atoms with Crippen molar-refractivity contribution < 1.29 is 14.7 Å². The van der Waals surface area contributed by atoms with Gasteiger partial charge in [0, 0.05) is 18.5 Å². The fourth-order valence-corrected chi connectivity index (χ4v) is 3.14. The van der Waals surface area contributed by atoms with E-state index in [4.69, 9.17) is 5.73 Å². The largest absolute Gasteiger partial charge is 0.480 e. The van der Waals surface area contributed by atoms with E-state index in [-0.39, 0.29) is 17.9 Å². The first-order chi connectivity index (χ1) is 8.59. The highest BCUT2D eigenvalue weighted by molar-refractivity contribution is 5.85. The van der Waals surface area contributed by atoms with Gasteiger partial charge in [0.2, 0.25) is 5.91 Å². The number of carboxylic acid groups (broad SMARTS) is 1. The number of carbonyl (C=O) groups is 2. The molecule has 2 rings (SSSR count). The molecule has 1 saturated carbocycles. The van der Waals surface area contributed by atoms with Crippen LogP contribution < -0.4 is 5.73 Å². The molecule has 0 bridgehead atoms. The average Bonchev–Trinajstić information content (AvgIpc) is 2.38. The van der Waals surface area contributed by atoms with Crippen LogP contribution in [0.25, 0.3) is 0 Å². The maximum atomic E-state index is 12.4. The molecule has 0 aromatic carbocycles. The smallest absolute Gasteiger partial charge is 0.326 e. The lowest BCUT2D eigenvalue weighted by Crippen LogP contribution is -2.51. The molecule has 18 heavy (non-hydrogen) atoms. The summed E-state index contributed by atoms with van der Waals surface area (Å²) in [6, 6.07) is -0.523. The van der Waals surface area contributed by atoms with Crippen LogP contribution in [0.2, 0.25) is 0 Å². The second kappa shape index (κ2) is 5.69. The molecule has 102 valence electrons. The lowest BCUT2D eigenvalue weighted by molar-refractivity contribution is -0.154. The van der Waals surface area contributed by atoms with Crippen molar-refractivity contribution >= 4 is 11.9 Å². The molecule has 0 radical (unpaired) electrons. The Morgan fingerprint density at radius 3 is 2.56 bits per heavy atom. The summed E-state index contributed by atoms with van der Waals surface area (Å²) in [7, 11) is 0. The third-order valence-corrected chi connectivity index (χ3v) is 4.13. The van der Waals surface area contributed by atoms with Crippen LogP contribution in [0.1, 0.15) is 44.9 Å². The quantitative estimate of drug-likeness (QED) is 0.769. The molecule has 3 unspecified atom stereocenters. The van der Waals surface area contributed by atoms with Crippen LogP contribution in [0.5, 0.6) is 0 Å². The summed E-state index contributed by atoms with van der Waals surface area (Å²) in [5.74, 6) is -0.922. The van der Waals surface area contributed by atoms with Crippen LogP contribution in [0, 0.1) is 5.92 Å². The van der Waals surface area contributed by atoms with Crippen LogP contribution in [0.3, 0.4) is 0 Å². The lowest BCUT2D eigenvalue weighted by Gasteiger charge is -2.37. The number of aliphatic carboxylic acids is 1. The number of carbonyl (C=O) groups excluding carboxylic acids is 1. The molecule has 0 aromatic heterocycles. The zero-order chi connectivity index (χ0) is 13.1. The minimum atomic E-state index is -0.872. The van der Waals surface area contributed by atoms with Crippen molar-refractivity contribution in [1.82, 2.24) is 4.90 Å². The van der Waals surface area contributed by atoms with E-state index >= 15 is 0 Å². The number of nitrogens with two attached hydrogens (primary N) is 1. The van der Waals surface area contributed by atoms with Crippen molar-refractivity contribution in [1.29, 1.82) is 0 Å². The molecule has 2 fully saturated rings. The molecule has 0 aromatic rings. The zero-order valence-electron chi connectivity index (χ0n) is 10.7. The van der Waals surface area contributed by atoms with Crippen LogP contribution in [-0.4, -0.2) is 40.5 Å². The van der Waals surface area contributed by atoms with Gasteiger partial charge in [-0.2, -0.15) is 0 Å². The molecule has 1 saturated heterocycles. The van der Waals surface area contributed by atoms with E-state index < -0.39 is 12.0 Å². The molecule has 5 heteroatoms. The summed E-state index contributed by atoms with van der Waals surface area (Å²) in [6.07, 6.45) is 5.91. The number of rotatable bonds is 2. The highest BCUT2D eigenvalue weighted by Gasteiger charge is 2.36. The van der Waals surface area contributed by atoms with Gasteiger partial charge in [-0.05, 0) is 38.5 Å². The average molecular weight is 254 g/mol. The Bertz CT molecular complexity index is 332. The topological polar surface area (TPSA) is 83.6 Å². The molecular weight excluding hydrogens is 232 g/mol. The molecule has 3 atom stereocenters. The van der Waals surface area contributed by atoms with E-state index in [1.807, 2.05) is 0 Å². The second-order valence-corrected chi connectivity index (χ2v) is 5.51. The summed E-state index contributed by atoms with van der Waals surface area (Å²) >= 11 is 0. The summed E-state index contributed by atoms with van der Waals surface area (Å²) in [5, 5.41) is 9.19. The Labute approximate surface area is 107 Å². The Balaban J connectivity index is 2.03. The monoisotopic (exact) mass is 254 g/mol. The van der Waals surface area contributed by atoms with Crippen LogP contribution in [0.4, 0.5) is 0 Å². The Morgan fingerprint density at radius 2 is 1.89 bits per heavy atom. The maximum Gasteiger partial charge on any atom is 0.326 e. The molecule has 0 spiro atoms. The highest BCUT2D eigenvalue weighted by atomic mass is 16.4. The van der Waals surface area contributed by atoms with Gasteiger partial charge in [0.1, 0.15) is 6.04 Å². The van der Waals surface area contributed by atoms with E-state index in [2.05, 4.69) is 0 Å². The van der Waals surface area contributed by atoms with E-state index in [0.717, 1.165) is 32.1 Å². The van der Waals surface area contributed by atoms with Crippen LogP contribution >= 0.6 is 0 Å². The molecule has 5 nitrogen and oxygen atoms in total. The third-order valence-electron chi connectivity index (χ3n) is 4.13. The van der Waals surface area contributed by atoms with Gasteiger partial charge >= 0.3 is 5.97 Å². The summed E-state index contributed by atoms with van der Waals surface area (Å²) < 4.78 is 0. The van der Waals surface area contributed by atoms with Crippen molar-refractivity contribution in [3.8, 4) is 0 Å². The second-order valence-electron chi connectivity index (χ2n) is 5.51. The Morgan fingerprint density at radius 1 is 1.11 bits per heavy atom. The molecule has 1 heterocycles. The number of carboxylic acids is 1. The standard InChI is InChI=1S/C13H22N2O3/c14-10-5-3-4-9(8-10)12(16)15-7-2-1-6-11(15)13(17)18/h9-11H,1-8,14H2,(H,17,18). The number of piperidine rings is 1. The van der Waals surface area contributed by atoms with Crippen molar-refractivity contribution in [3.63, 3.8) is 0 Å². The molecule has 1 amide bonds. The van der Waals surface area contributed by atoms with Gasteiger partial charge in [0.25, 0.3) is 0 Å². The van der Waals surface area contributed by atoms with Crippen molar-refractivity contribution in [2.75, 3.05) is 6.54 Å². The number of likely N-dealkylation sites (tertiary alicyclic amines) is 1.